The molecule has 0 radical (unpaired) electrons. The lowest BCUT2D eigenvalue weighted by molar-refractivity contribution is -0.122. The standard InChI is InChI=1S/C58H69N9O11/c1-72-25-27-74-29-31-76-42-55(68)63-53-19-11-15-48(61-53)40-65(38-46-13-5-7-21-59-46)36-44-33-45(35-50(34-44)78-24-10-9-23-67-57(70)51-17-3-4-18-52(51)58(67)71)37-66(39-47-14-6-8-22-60-47)41-49-16-12-20-54(62-49)64-56(69)43-77-32-30-75-28-26-73-2/h3-8,11-22,33-35H,9-10,23-32,36-43H2,1-2H3,(H,61,63,68)(H,62,64,69). The Labute approximate surface area is 455 Å². The second kappa shape index (κ2) is 32.4. The van der Waals surface area contributed by atoms with E-state index in [0.29, 0.717) is 127 Å². The van der Waals surface area contributed by atoms with Crippen LogP contribution in [0.2, 0.25) is 0 Å². The van der Waals surface area contributed by atoms with Gasteiger partial charge in [0, 0.05) is 72.4 Å². The molecule has 2 N–H and O–H groups in total. The van der Waals surface area contributed by atoms with Crippen molar-refractivity contribution in [1.82, 2.24) is 34.6 Å². The van der Waals surface area contributed by atoms with Gasteiger partial charge in [0.1, 0.15) is 30.6 Å². The van der Waals surface area contributed by atoms with Crippen LogP contribution in [0.25, 0.3) is 0 Å². The van der Waals surface area contributed by atoms with E-state index in [-0.39, 0.29) is 56.6 Å². The van der Waals surface area contributed by atoms with Crippen LogP contribution in [0.15, 0.2) is 128 Å². The molecular formula is C58H69N9O11. The van der Waals surface area contributed by atoms with E-state index >= 15 is 0 Å². The molecular weight excluding hydrogens is 999 g/mol. The van der Waals surface area contributed by atoms with Crippen molar-refractivity contribution in [2.75, 3.05) is 104 Å². The molecule has 4 amide bonds. The topological polar surface area (TPSA) is 218 Å². The summed E-state index contributed by atoms with van der Waals surface area (Å²) < 4.78 is 38.3. The summed E-state index contributed by atoms with van der Waals surface area (Å²) in [6.45, 7) is 6.10. The van der Waals surface area contributed by atoms with Crippen molar-refractivity contribution in [3.05, 3.63) is 173 Å². The van der Waals surface area contributed by atoms with Gasteiger partial charge >= 0.3 is 0 Å². The number of aromatic nitrogens is 4. The number of ether oxygens (including phenoxy) is 7. The molecule has 78 heavy (non-hydrogen) atoms. The highest BCUT2D eigenvalue weighted by Crippen LogP contribution is 2.26. The third-order valence-electron chi connectivity index (χ3n) is 12.0. The minimum Gasteiger partial charge on any atom is -0.494 e. The Morgan fingerprint density at radius 1 is 0.487 bits per heavy atom. The smallest absolute Gasteiger partial charge is 0.261 e. The summed E-state index contributed by atoms with van der Waals surface area (Å²) in [4.78, 5) is 76.5. The Bertz CT molecular complexity index is 2630. The molecule has 0 aliphatic carbocycles. The van der Waals surface area contributed by atoms with Crippen molar-refractivity contribution in [2.45, 2.75) is 52.1 Å². The van der Waals surface area contributed by atoms with Crippen molar-refractivity contribution >= 4 is 35.3 Å². The third kappa shape index (κ3) is 19.9. The van der Waals surface area contributed by atoms with E-state index < -0.39 is 0 Å². The summed E-state index contributed by atoms with van der Waals surface area (Å²) in [5.74, 6) is 0.225. The molecule has 0 saturated heterocycles. The van der Waals surface area contributed by atoms with Gasteiger partial charge in [-0.3, -0.25) is 43.8 Å². The Kier molecular flexibility index (Phi) is 24.2. The van der Waals surface area contributed by atoms with Crippen LogP contribution >= 0.6 is 0 Å². The van der Waals surface area contributed by atoms with E-state index in [1.807, 2.05) is 72.8 Å². The number of rotatable bonds is 36. The molecule has 0 fully saturated rings. The highest BCUT2D eigenvalue weighted by molar-refractivity contribution is 6.21. The van der Waals surface area contributed by atoms with Crippen LogP contribution in [0.5, 0.6) is 5.75 Å². The van der Waals surface area contributed by atoms with Gasteiger partial charge < -0.3 is 43.8 Å². The van der Waals surface area contributed by atoms with Crippen LogP contribution in [0, 0.1) is 0 Å². The third-order valence-corrected chi connectivity index (χ3v) is 12.0. The summed E-state index contributed by atoms with van der Waals surface area (Å²) in [6.07, 6.45) is 4.68. The predicted octanol–water partition coefficient (Wildman–Crippen LogP) is 6.36. The number of pyridine rings is 4. The van der Waals surface area contributed by atoms with Gasteiger partial charge in [-0.05, 0) is 96.8 Å². The maximum atomic E-state index is 13.1. The number of hydrogen-bond acceptors (Lipinski definition) is 17. The first kappa shape index (κ1) is 58.3. The van der Waals surface area contributed by atoms with E-state index in [1.165, 1.54) is 4.90 Å². The van der Waals surface area contributed by atoms with Crippen molar-refractivity contribution in [1.29, 1.82) is 0 Å². The summed E-state index contributed by atoms with van der Waals surface area (Å²) in [5.41, 5.74) is 5.95. The molecule has 5 heterocycles. The van der Waals surface area contributed by atoms with Gasteiger partial charge in [-0.15, -0.1) is 0 Å². The van der Waals surface area contributed by atoms with Gasteiger partial charge in [-0.25, -0.2) is 9.97 Å². The number of hydrogen-bond donors (Lipinski definition) is 2. The largest absolute Gasteiger partial charge is 0.494 e. The van der Waals surface area contributed by atoms with E-state index in [9.17, 15) is 19.2 Å². The number of nitrogens with one attached hydrogen (secondary N) is 2. The lowest BCUT2D eigenvalue weighted by Crippen LogP contribution is -2.30. The second-order valence-corrected chi connectivity index (χ2v) is 18.2. The summed E-state index contributed by atoms with van der Waals surface area (Å²) in [5, 5.41) is 5.70. The molecule has 1 aliphatic rings. The van der Waals surface area contributed by atoms with E-state index in [1.54, 1.807) is 63.0 Å². The molecule has 412 valence electrons. The number of nitrogens with zero attached hydrogens (tertiary/aromatic N) is 7. The number of unbranched alkanes of at least 4 members (excludes halogenated alkanes) is 1. The molecule has 0 bridgehead atoms. The fourth-order valence-electron chi connectivity index (χ4n) is 8.44. The van der Waals surface area contributed by atoms with E-state index in [4.69, 9.17) is 43.1 Å². The maximum Gasteiger partial charge on any atom is 0.261 e. The molecule has 1 aliphatic heterocycles. The van der Waals surface area contributed by atoms with Crippen LogP contribution < -0.4 is 15.4 Å². The number of fused-ring (bicyclic) bond motifs is 1. The zero-order chi connectivity index (χ0) is 54.6. The van der Waals surface area contributed by atoms with Gasteiger partial charge in [-0.2, -0.15) is 0 Å². The molecule has 2 aromatic carbocycles. The monoisotopic (exact) mass is 1070 g/mol. The maximum absolute atomic E-state index is 13.1. The minimum atomic E-state index is -0.334. The minimum absolute atomic E-state index is 0.150. The zero-order valence-electron chi connectivity index (χ0n) is 44.4. The summed E-state index contributed by atoms with van der Waals surface area (Å²) in [6, 6.07) is 35.8. The lowest BCUT2D eigenvalue weighted by Gasteiger charge is -2.25. The van der Waals surface area contributed by atoms with Crippen LogP contribution in [0.1, 0.15) is 67.5 Å². The molecule has 0 unspecified atom stereocenters. The van der Waals surface area contributed by atoms with Crippen LogP contribution in [0.4, 0.5) is 11.6 Å². The van der Waals surface area contributed by atoms with Gasteiger partial charge in [0.05, 0.1) is 93.4 Å². The van der Waals surface area contributed by atoms with Crippen molar-refractivity contribution in [3.8, 4) is 5.75 Å². The first-order valence-electron chi connectivity index (χ1n) is 26.0. The summed E-state index contributed by atoms with van der Waals surface area (Å²) >= 11 is 0. The van der Waals surface area contributed by atoms with Crippen molar-refractivity contribution < 1.29 is 52.3 Å². The number of carbonyl (C=O) groups excluding carboxylic acids is 4. The number of anilines is 2. The lowest BCUT2D eigenvalue weighted by atomic mass is 10.1. The highest BCUT2D eigenvalue weighted by Gasteiger charge is 2.34. The number of amides is 4. The molecule has 7 rings (SSSR count). The fraction of sp³-hybridized carbons (Fsp3) is 0.379. The molecule has 20 nitrogen and oxygen atoms in total. The fourth-order valence-corrected chi connectivity index (χ4v) is 8.44. The molecule has 4 aromatic heterocycles. The molecule has 20 heteroatoms. The van der Waals surface area contributed by atoms with E-state index in [2.05, 4.69) is 36.5 Å². The van der Waals surface area contributed by atoms with Crippen LogP contribution in [-0.2, 0) is 77.3 Å². The van der Waals surface area contributed by atoms with Gasteiger partial charge in [0.25, 0.3) is 23.6 Å². The predicted molar refractivity (Wildman–Crippen MR) is 290 cm³/mol. The quantitative estimate of drug-likeness (QED) is 0.0323. The first-order valence-corrected chi connectivity index (χ1v) is 26.0. The molecule has 0 saturated carbocycles. The van der Waals surface area contributed by atoms with Crippen LogP contribution in [-0.4, -0.2) is 152 Å². The number of carbonyl (C=O) groups is 4. The number of methoxy groups -OCH3 is 2. The Morgan fingerprint density at radius 3 is 1.41 bits per heavy atom. The Balaban J connectivity index is 1.08. The van der Waals surface area contributed by atoms with Gasteiger partial charge in [0.15, 0.2) is 0 Å². The highest BCUT2D eigenvalue weighted by atomic mass is 16.5. The number of imide groups is 1. The molecule has 6 aromatic rings. The van der Waals surface area contributed by atoms with Gasteiger partial charge in [-0.1, -0.05) is 42.5 Å². The second-order valence-electron chi connectivity index (χ2n) is 18.2. The molecule has 0 atom stereocenters. The Hall–Kier alpha value is -7.40. The molecule has 0 spiro atoms. The van der Waals surface area contributed by atoms with Crippen molar-refractivity contribution in [2.24, 2.45) is 0 Å². The average molecular weight is 1070 g/mol. The summed E-state index contributed by atoms with van der Waals surface area (Å²) in [7, 11) is 3.21. The normalized spacial score (nSPS) is 12.1. The average Bonchev–Trinajstić information content (AvgIpc) is 3.68. The zero-order valence-corrected chi connectivity index (χ0v) is 44.4. The van der Waals surface area contributed by atoms with E-state index in [0.717, 1.165) is 33.9 Å². The number of benzene rings is 2. The Morgan fingerprint density at radius 2 is 0.936 bits per heavy atom. The SMILES string of the molecule is COCCOCCOCC(=O)Nc1cccc(CN(Cc2cc(CN(Cc3ccccn3)Cc3cccc(NC(=O)COCCOCCOC)n3)cc(OCCCCN3C(=O)c4ccccc4C3=O)c2)Cc2ccccn2)n1. The van der Waals surface area contributed by atoms with Crippen LogP contribution in [0.3, 0.4) is 0 Å². The van der Waals surface area contributed by atoms with Gasteiger partial charge in [0.2, 0.25) is 0 Å². The van der Waals surface area contributed by atoms with Crippen molar-refractivity contribution in [3.63, 3.8) is 0 Å². The first-order chi connectivity index (χ1) is 38.2.